The van der Waals surface area contributed by atoms with Gasteiger partial charge in [-0.05, 0) is 64.3 Å². The topological polar surface area (TPSA) is 85.4 Å². The molecule has 1 saturated heterocycles. The summed E-state index contributed by atoms with van der Waals surface area (Å²) in [6.07, 6.45) is -0.0955. The second-order valence-corrected chi connectivity index (χ2v) is 9.68. The molecule has 0 saturated carbocycles. The Balaban J connectivity index is 2.31. The van der Waals surface area contributed by atoms with Crippen molar-refractivity contribution in [2.75, 3.05) is 26.8 Å². The van der Waals surface area contributed by atoms with Gasteiger partial charge in [0.2, 0.25) is 0 Å². The Morgan fingerprint density at radius 3 is 2.18 bits per heavy atom. The predicted molar refractivity (Wildman–Crippen MR) is 126 cm³/mol. The number of rotatable bonds is 6. The molecule has 184 valence electrons. The minimum absolute atomic E-state index is 0.0914. The van der Waals surface area contributed by atoms with Gasteiger partial charge in [0.1, 0.15) is 5.60 Å². The van der Waals surface area contributed by atoms with E-state index in [4.69, 9.17) is 37.4 Å². The number of piperidine rings is 1. The predicted octanol–water partition coefficient (Wildman–Crippen LogP) is 5.46. The van der Waals surface area contributed by atoms with Gasteiger partial charge in [-0.25, -0.2) is 9.59 Å². The van der Waals surface area contributed by atoms with E-state index in [1.165, 1.54) is 12.0 Å². The summed E-state index contributed by atoms with van der Waals surface area (Å²) in [4.78, 5) is 40.9. The highest BCUT2D eigenvalue weighted by atomic mass is 35.5. The molecule has 1 fully saturated rings. The fourth-order valence-corrected chi connectivity index (χ4v) is 4.35. The lowest BCUT2D eigenvalue weighted by atomic mass is 9.96. The van der Waals surface area contributed by atoms with E-state index in [9.17, 15) is 14.4 Å². The number of carbonyl (C=O) groups is 3. The number of ether oxygens (including phenoxy) is 3. The van der Waals surface area contributed by atoms with Crippen LogP contribution in [-0.2, 0) is 19.0 Å². The Morgan fingerprint density at radius 2 is 1.70 bits per heavy atom. The maximum Gasteiger partial charge on any atom is 0.410 e. The van der Waals surface area contributed by atoms with Crippen LogP contribution in [0.2, 0.25) is 10.0 Å². The van der Waals surface area contributed by atoms with E-state index >= 15 is 0 Å². The van der Waals surface area contributed by atoms with E-state index in [1.807, 2.05) is 20.8 Å². The molecular formula is C23H32Cl2N2O6. The maximum atomic E-state index is 12.9. The fourth-order valence-electron chi connectivity index (χ4n) is 3.81. The molecule has 1 aromatic carbocycles. The number of nitrogens with zero attached hydrogens (tertiary/aromatic N) is 2. The first kappa shape index (κ1) is 27.1. The summed E-state index contributed by atoms with van der Waals surface area (Å²) in [6.45, 7) is 8.17. The lowest BCUT2D eigenvalue weighted by Gasteiger charge is -2.41. The van der Waals surface area contributed by atoms with Crippen molar-refractivity contribution in [1.82, 2.24) is 9.80 Å². The van der Waals surface area contributed by atoms with Gasteiger partial charge in [-0.2, -0.15) is 0 Å². The molecule has 2 amide bonds. The molecule has 0 spiro atoms. The largest absolute Gasteiger partial charge is 0.466 e. The number of amides is 2. The van der Waals surface area contributed by atoms with Gasteiger partial charge in [0.05, 0.1) is 26.2 Å². The van der Waals surface area contributed by atoms with Crippen LogP contribution in [0.3, 0.4) is 0 Å². The van der Waals surface area contributed by atoms with Crippen molar-refractivity contribution in [1.29, 1.82) is 0 Å². The van der Waals surface area contributed by atoms with Crippen molar-refractivity contribution in [2.24, 2.45) is 0 Å². The van der Waals surface area contributed by atoms with Crippen molar-refractivity contribution in [3.05, 3.63) is 33.8 Å². The van der Waals surface area contributed by atoms with E-state index in [0.717, 1.165) is 0 Å². The molecule has 1 heterocycles. The highest BCUT2D eigenvalue weighted by Crippen LogP contribution is 2.34. The average molecular weight is 503 g/mol. The second kappa shape index (κ2) is 11.8. The van der Waals surface area contributed by atoms with Crippen LogP contribution in [0.1, 0.15) is 58.6 Å². The summed E-state index contributed by atoms with van der Waals surface area (Å²) in [5.41, 5.74) is 0.00303. The molecular weight excluding hydrogens is 471 g/mol. The standard InChI is InChI=1S/C23H32Cl2N2O6/c1-6-32-20(28)14-19(15-11-16(24)13-17(25)12-15)27(22(30)31-5)18-7-9-26(10-8-18)21(29)33-23(2,3)4/h11-13,18-19H,6-10,14H2,1-5H3/t19-/m0/s1. The van der Waals surface area contributed by atoms with E-state index in [2.05, 4.69) is 0 Å². The Bertz CT molecular complexity index is 830. The van der Waals surface area contributed by atoms with Crippen LogP contribution in [0.15, 0.2) is 18.2 Å². The first-order chi connectivity index (χ1) is 15.4. The summed E-state index contributed by atoms with van der Waals surface area (Å²) in [6, 6.07) is 3.93. The zero-order chi connectivity index (χ0) is 24.8. The first-order valence-electron chi connectivity index (χ1n) is 10.9. The second-order valence-electron chi connectivity index (χ2n) is 8.80. The molecule has 0 aliphatic carbocycles. The lowest BCUT2D eigenvalue weighted by Crippen LogP contribution is -2.51. The van der Waals surface area contributed by atoms with Gasteiger partial charge < -0.3 is 19.1 Å². The monoisotopic (exact) mass is 502 g/mol. The zero-order valence-corrected chi connectivity index (χ0v) is 21.2. The number of hydrogen-bond acceptors (Lipinski definition) is 6. The molecule has 33 heavy (non-hydrogen) atoms. The van der Waals surface area contributed by atoms with Crippen LogP contribution in [0.25, 0.3) is 0 Å². The Labute approximate surface area is 205 Å². The molecule has 1 aliphatic heterocycles. The van der Waals surface area contributed by atoms with E-state index in [0.29, 0.717) is 41.5 Å². The number of esters is 1. The van der Waals surface area contributed by atoms with Crippen LogP contribution < -0.4 is 0 Å². The summed E-state index contributed by atoms with van der Waals surface area (Å²) < 4.78 is 15.7. The zero-order valence-electron chi connectivity index (χ0n) is 19.7. The number of halogens is 2. The summed E-state index contributed by atoms with van der Waals surface area (Å²) in [5, 5.41) is 0.770. The minimum atomic E-state index is -0.703. The van der Waals surface area contributed by atoms with Crippen LogP contribution in [-0.4, -0.2) is 66.4 Å². The van der Waals surface area contributed by atoms with Gasteiger partial charge in [-0.15, -0.1) is 0 Å². The third kappa shape index (κ3) is 7.96. The van der Waals surface area contributed by atoms with Gasteiger partial charge in [-0.1, -0.05) is 23.2 Å². The molecule has 0 aromatic heterocycles. The number of benzene rings is 1. The molecule has 0 bridgehead atoms. The first-order valence-corrected chi connectivity index (χ1v) is 11.7. The van der Waals surface area contributed by atoms with Crippen molar-refractivity contribution in [2.45, 2.75) is 64.6 Å². The van der Waals surface area contributed by atoms with Gasteiger partial charge in [0.15, 0.2) is 0 Å². The van der Waals surface area contributed by atoms with Gasteiger partial charge >= 0.3 is 18.2 Å². The molecule has 2 rings (SSSR count). The van der Waals surface area contributed by atoms with Gasteiger partial charge in [0, 0.05) is 29.2 Å². The SMILES string of the molecule is CCOC(=O)C[C@@H](c1cc(Cl)cc(Cl)c1)N(C(=O)OC)C1CCN(C(=O)OC(C)(C)C)CC1. The van der Waals surface area contributed by atoms with Crippen LogP contribution in [0.4, 0.5) is 9.59 Å². The van der Waals surface area contributed by atoms with Crippen LogP contribution in [0, 0.1) is 0 Å². The van der Waals surface area contributed by atoms with Crippen LogP contribution in [0.5, 0.6) is 0 Å². The van der Waals surface area contributed by atoms with Crippen LogP contribution >= 0.6 is 23.2 Å². The van der Waals surface area contributed by atoms with E-state index < -0.39 is 29.8 Å². The number of carbonyl (C=O) groups excluding carboxylic acids is 3. The van der Waals surface area contributed by atoms with Crippen molar-refractivity contribution in [3.63, 3.8) is 0 Å². The highest BCUT2D eigenvalue weighted by molar-refractivity contribution is 6.34. The molecule has 1 aromatic rings. The fraction of sp³-hybridized carbons (Fsp3) is 0.609. The Morgan fingerprint density at radius 1 is 1.12 bits per heavy atom. The summed E-state index contributed by atoms with van der Waals surface area (Å²) in [5.74, 6) is -0.460. The smallest absolute Gasteiger partial charge is 0.410 e. The molecule has 1 atom stereocenters. The normalized spacial score (nSPS) is 15.5. The summed E-state index contributed by atoms with van der Waals surface area (Å²) >= 11 is 12.4. The molecule has 1 aliphatic rings. The van der Waals surface area contributed by atoms with E-state index in [-0.39, 0.29) is 19.1 Å². The van der Waals surface area contributed by atoms with Crippen molar-refractivity contribution >= 4 is 41.4 Å². The minimum Gasteiger partial charge on any atom is -0.466 e. The summed E-state index contributed by atoms with van der Waals surface area (Å²) in [7, 11) is 1.29. The quantitative estimate of drug-likeness (QED) is 0.379. The molecule has 0 unspecified atom stereocenters. The highest BCUT2D eigenvalue weighted by Gasteiger charge is 2.37. The number of likely N-dealkylation sites (tertiary alicyclic amines) is 1. The maximum absolute atomic E-state index is 12.9. The molecule has 10 heteroatoms. The number of methoxy groups -OCH3 is 1. The lowest BCUT2D eigenvalue weighted by molar-refractivity contribution is -0.144. The molecule has 0 N–H and O–H groups in total. The molecule has 0 radical (unpaired) electrons. The van der Waals surface area contributed by atoms with Gasteiger partial charge in [0.25, 0.3) is 0 Å². The molecule has 8 nitrogen and oxygen atoms in total. The van der Waals surface area contributed by atoms with Gasteiger partial charge in [-0.3, -0.25) is 9.69 Å². The Kier molecular flexibility index (Phi) is 9.67. The average Bonchev–Trinajstić information content (AvgIpc) is 2.71. The Hall–Kier alpha value is -2.19. The van der Waals surface area contributed by atoms with Crippen molar-refractivity contribution < 1.29 is 28.6 Å². The third-order valence-electron chi connectivity index (χ3n) is 5.17. The third-order valence-corrected chi connectivity index (χ3v) is 5.60. The number of hydrogen-bond donors (Lipinski definition) is 0. The van der Waals surface area contributed by atoms with E-state index in [1.54, 1.807) is 30.0 Å². The van der Waals surface area contributed by atoms with Crippen molar-refractivity contribution in [3.8, 4) is 0 Å².